The van der Waals surface area contributed by atoms with Crippen molar-refractivity contribution in [1.82, 2.24) is 0 Å². The lowest BCUT2D eigenvalue weighted by Gasteiger charge is -2.14. The molecule has 0 atom stereocenters. The van der Waals surface area contributed by atoms with E-state index in [1.807, 2.05) is 0 Å². The van der Waals surface area contributed by atoms with Crippen LogP contribution in [0, 0.1) is 0 Å². The number of aliphatic hydroxyl groups excluding tert-OH is 1. The monoisotopic (exact) mass is 197 g/mol. The molecule has 0 aliphatic heterocycles. The molecule has 0 aromatic rings. The Morgan fingerprint density at radius 2 is 1.50 bits per heavy atom. The molecule has 0 unspecified atom stereocenters. The maximum atomic E-state index is 8.97. The zero-order valence-corrected chi connectivity index (χ0v) is 7.63. The summed E-state index contributed by atoms with van der Waals surface area (Å²) >= 11 is 0. The van der Waals surface area contributed by atoms with Crippen LogP contribution < -0.4 is 5.14 Å². The van der Waals surface area contributed by atoms with Gasteiger partial charge in [-0.3, -0.25) is 4.55 Å². The zero-order chi connectivity index (χ0) is 9.61. The van der Waals surface area contributed by atoms with Crippen LogP contribution in [0.4, 0.5) is 0 Å². The molecule has 74 valence electrons. The standard InChI is InChI=1S/C6H12O.H3NO3S/c7-6-4-2-1-3-5-6;1-5(2,3)4/h6-7H,1-5H2;(H3,1,2,3,4). The van der Waals surface area contributed by atoms with Gasteiger partial charge >= 0.3 is 10.3 Å². The van der Waals surface area contributed by atoms with Crippen LogP contribution in [0.5, 0.6) is 0 Å². The van der Waals surface area contributed by atoms with E-state index in [1.165, 1.54) is 19.3 Å². The predicted molar refractivity (Wildman–Crippen MR) is 44.8 cm³/mol. The van der Waals surface area contributed by atoms with Crippen LogP contribution in [-0.2, 0) is 10.3 Å². The number of hydrogen-bond acceptors (Lipinski definition) is 3. The molecule has 0 saturated heterocycles. The van der Waals surface area contributed by atoms with E-state index in [1.54, 1.807) is 0 Å². The third kappa shape index (κ3) is 12.5. The highest BCUT2D eigenvalue weighted by molar-refractivity contribution is 7.83. The SMILES string of the molecule is NS(=O)(=O)O.OC1CCCCC1. The van der Waals surface area contributed by atoms with Crippen LogP contribution in [0.15, 0.2) is 0 Å². The second-order valence-electron chi connectivity index (χ2n) is 2.81. The van der Waals surface area contributed by atoms with E-state index in [0.29, 0.717) is 0 Å². The van der Waals surface area contributed by atoms with Crippen molar-refractivity contribution in [3.63, 3.8) is 0 Å². The van der Waals surface area contributed by atoms with Crippen molar-refractivity contribution < 1.29 is 18.1 Å². The van der Waals surface area contributed by atoms with Crippen LogP contribution in [0.3, 0.4) is 0 Å². The molecule has 0 amide bonds. The lowest BCUT2D eigenvalue weighted by Crippen LogP contribution is -2.09. The quantitative estimate of drug-likeness (QED) is 0.478. The van der Waals surface area contributed by atoms with Gasteiger partial charge in [-0.15, -0.1) is 0 Å². The summed E-state index contributed by atoms with van der Waals surface area (Å²) < 4.78 is 25.2. The first-order chi connectivity index (χ1) is 5.39. The van der Waals surface area contributed by atoms with Gasteiger partial charge in [0.1, 0.15) is 0 Å². The van der Waals surface area contributed by atoms with Crippen LogP contribution in [0.2, 0.25) is 0 Å². The summed E-state index contributed by atoms with van der Waals surface area (Å²) in [4.78, 5) is 0. The molecule has 0 bridgehead atoms. The van der Waals surface area contributed by atoms with E-state index >= 15 is 0 Å². The summed E-state index contributed by atoms with van der Waals surface area (Å²) in [5.74, 6) is 0. The Morgan fingerprint density at radius 3 is 1.67 bits per heavy atom. The molecular weight excluding hydrogens is 182 g/mol. The van der Waals surface area contributed by atoms with E-state index in [9.17, 15) is 0 Å². The highest BCUT2D eigenvalue weighted by Gasteiger charge is 2.07. The van der Waals surface area contributed by atoms with Gasteiger partial charge in [0.05, 0.1) is 6.10 Å². The average molecular weight is 197 g/mol. The maximum Gasteiger partial charge on any atom is 0.330 e. The molecule has 1 aliphatic rings. The van der Waals surface area contributed by atoms with E-state index in [-0.39, 0.29) is 6.10 Å². The first-order valence-electron chi connectivity index (χ1n) is 3.83. The molecule has 4 N–H and O–H groups in total. The Labute approximate surface area is 72.5 Å². The molecule has 5 nitrogen and oxygen atoms in total. The molecule has 0 aromatic heterocycles. The van der Waals surface area contributed by atoms with Gasteiger partial charge in [0, 0.05) is 0 Å². The highest BCUT2D eigenvalue weighted by Crippen LogP contribution is 2.16. The predicted octanol–water partition coefficient (Wildman–Crippen LogP) is 0.0593. The van der Waals surface area contributed by atoms with Crippen LogP contribution in [-0.4, -0.2) is 24.2 Å². The second kappa shape index (κ2) is 5.47. The number of aliphatic hydroxyl groups is 1. The Balaban J connectivity index is 0.000000217. The van der Waals surface area contributed by atoms with Crippen molar-refractivity contribution in [2.24, 2.45) is 5.14 Å². The smallest absolute Gasteiger partial charge is 0.330 e. The average Bonchev–Trinajstić information content (AvgIpc) is 1.85. The molecule has 12 heavy (non-hydrogen) atoms. The summed E-state index contributed by atoms with van der Waals surface area (Å²) in [5.41, 5.74) is 0. The van der Waals surface area contributed by atoms with Gasteiger partial charge in [-0.05, 0) is 12.8 Å². The van der Waals surface area contributed by atoms with Crippen LogP contribution >= 0.6 is 0 Å². The van der Waals surface area contributed by atoms with E-state index in [0.717, 1.165) is 12.8 Å². The first-order valence-corrected chi connectivity index (χ1v) is 5.33. The van der Waals surface area contributed by atoms with Gasteiger partial charge < -0.3 is 5.11 Å². The third-order valence-corrected chi connectivity index (χ3v) is 1.57. The van der Waals surface area contributed by atoms with Crippen molar-refractivity contribution in [1.29, 1.82) is 0 Å². The molecule has 1 saturated carbocycles. The van der Waals surface area contributed by atoms with E-state index in [4.69, 9.17) is 18.1 Å². The van der Waals surface area contributed by atoms with E-state index < -0.39 is 10.3 Å². The van der Waals surface area contributed by atoms with Crippen molar-refractivity contribution in [2.75, 3.05) is 0 Å². The lowest BCUT2D eigenvalue weighted by atomic mass is 9.98. The Kier molecular flexibility index (Phi) is 5.39. The molecule has 0 heterocycles. The second-order valence-corrected chi connectivity index (χ2v) is 3.84. The van der Waals surface area contributed by atoms with Gasteiger partial charge in [0.15, 0.2) is 0 Å². The van der Waals surface area contributed by atoms with Crippen LogP contribution in [0.25, 0.3) is 0 Å². The minimum Gasteiger partial charge on any atom is -0.393 e. The molecule has 1 rings (SSSR count). The maximum absolute atomic E-state index is 8.97. The first kappa shape index (κ1) is 11.8. The number of nitrogens with two attached hydrogens (primary N) is 1. The number of rotatable bonds is 0. The molecule has 1 aliphatic carbocycles. The molecule has 0 spiro atoms. The molecule has 1 fully saturated rings. The summed E-state index contributed by atoms with van der Waals surface area (Å²) in [6.07, 6.45) is 5.92. The molecular formula is C6H15NO4S. The fourth-order valence-corrected chi connectivity index (χ4v) is 1.08. The Bertz CT molecular complexity index is 188. The van der Waals surface area contributed by atoms with Gasteiger partial charge in [0.25, 0.3) is 0 Å². The van der Waals surface area contributed by atoms with Crippen molar-refractivity contribution in [3.8, 4) is 0 Å². The number of hydrogen-bond donors (Lipinski definition) is 3. The van der Waals surface area contributed by atoms with Gasteiger partial charge in [-0.2, -0.15) is 8.42 Å². The molecule has 0 aromatic carbocycles. The Morgan fingerprint density at radius 1 is 1.17 bits per heavy atom. The van der Waals surface area contributed by atoms with Crippen LogP contribution in [0.1, 0.15) is 32.1 Å². The van der Waals surface area contributed by atoms with Crippen molar-refractivity contribution in [2.45, 2.75) is 38.2 Å². The fourth-order valence-electron chi connectivity index (χ4n) is 1.08. The third-order valence-electron chi connectivity index (χ3n) is 1.57. The van der Waals surface area contributed by atoms with E-state index in [2.05, 4.69) is 5.14 Å². The molecule has 6 heteroatoms. The van der Waals surface area contributed by atoms with Gasteiger partial charge in [-0.25, -0.2) is 5.14 Å². The van der Waals surface area contributed by atoms with Crippen molar-refractivity contribution in [3.05, 3.63) is 0 Å². The minimum atomic E-state index is -4.17. The van der Waals surface area contributed by atoms with Crippen molar-refractivity contribution >= 4 is 10.3 Å². The lowest BCUT2D eigenvalue weighted by molar-refractivity contribution is 0.130. The fraction of sp³-hybridized carbons (Fsp3) is 1.00. The summed E-state index contributed by atoms with van der Waals surface area (Å²) in [5, 5.41) is 12.8. The summed E-state index contributed by atoms with van der Waals surface area (Å²) in [6, 6.07) is 0. The zero-order valence-electron chi connectivity index (χ0n) is 6.81. The van der Waals surface area contributed by atoms with Gasteiger partial charge in [0.2, 0.25) is 0 Å². The highest BCUT2D eigenvalue weighted by atomic mass is 32.2. The largest absolute Gasteiger partial charge is 0.393 e. The summed E-state index contributed by atoms with van der Waals surface area (Å²) in [7, 11) is -4.17. The molecule has 0 radical (unpaired) electrons. The minimum absolute atomic E-state index is 0.0359. The van der Waals surface area contributed by atoms with Gasteiger partial charge in [-0.1, -0.05) is 19.3 Å². The normalized spacial score (nSPS) is 19.6. The summed E-state index contributed by atoms with van der Waals surface area (Å²) in [6.45, 7) is 0. The Hall–Kier alpha value is -0.170. The topological polar surface area (TPSA) is 101 Å².